The summed E-state index contributed by atoms with van der Waals surface area (Å²) in [5.41, 5.74) is 5.39. The van der Waals surface area contributed by atoms with Crippen LogP contribution in [0.3, 0.4) is 0 Å². The second-order valence-electron chi connectivity index (χ2n) is 8.46. The summed E-state index contributed by atoms with van der Waals surface area (Å²) in [6.07, 6.45) is 3.40. The Balaban J connectivity index is 1.56. The minimum absolute atomic E-state index is 0.213. The van der Waals surface area contributed by atoms with Gasteiger partial charge in [0.2, 0.25) is 5.95 Å². The molecule has 34 heavy (non-hydrogen) atoms. The van der Waals surface area contributed by atoms with Crippen LogP contribution in [0.25, 0.3) is 16.8 Å². The lowest BCUT2D eigenvalue weighted by Crippen LogP contribution is -2.14. The van der Waals surface area contributed by atoms with Gasteiger partial charge < -0.3 is 15.2 Å². The number of nitrogens with one attached hydrogen (secondary N) is 1. The molecule has 10 heteroatoms. The lowest BCUT2D eigenvalue weighted by molar-refractivity contribution is 0.167. The number of benzene rings is 1. The van der Waals surface area contributed by atoms with E-state index < -0.39 is 6.10 Å². The number of rotatable bonds is 6. The molecule has 0 amide bonds. The Morgan fingerprint density at radius 1 is 1.35 bits per heavy atom. The third kappa shape index (κ3) is 3.64. The predicted molar refractivity (Wildman–Crippen MR) is 123 cm³/mol. The van der Waals surface area contributed by atoms with Crippen LogP contribution in [0.5, 0.6) is 5.75 Å². The van der Waals surface area contributed by atoms with E-state index in [9.17, 15) is 14.8 Å². The van der Waals surface area contributed by atoms with Crippen molar-refractivity contribution in [2.75, 3.05) is 11.9 Å². The van der Waals surface area contributed by atoms with Crippen molar-refractivity contribution < 1.29 is 14.2 Å². The van der Waals surface area contributed by atoms with Gasteiger partial charge in [-0.25, -0.2) is 14.4 Å². The quantitative estimate of drug-likeness (QED) is 0.453. The number of aromatic nitrogens is 5. The first-order chi connectivity index (χ1) is 16.4. The van der Waals surface area contributed by atoms with Gasteiger partial charge >= 0.3 is 0 Å². The van der Waals surface area contributed by atoms with Crippen LogP contribution in [0, 0.1) is 31.0 Å². The minimum atomic E-state index is -0.544. The second-order valence-corrected chi connectivity index (χ2v) is 8.46. The Hall–Kier alpha value is -3.97. The molecule has 0 aliphatic carbocycles. The largest absolute Gasteiger partial charge is 0.493 e. The van der Waals surface area contributed by atoms with Crippen LogP contribution in [0.1, 0.15) is 35.1 Å². The molecule has 3 aromatic heterocycles. The molecule has 0 saturated heterocycles. The van der Waals surface area contributed by atoms with Crippen molar-refractivity contribution in [2.24, 2.45) is 0 Å². The molecule has 1 atom stereocenters. The number of nitrogens with zero attached hydrogens (tertiary/aromatic N) is 6. The van der Waals surface area contributed by atoms with Crippen molar-refractivity contribution in [1.82, 2.24) is 24.1 Å². The standard InChI is InChI=1S/C24H24FN7O2/c1-13(33)11-32-15(3)22(14(2)30-32)19-10-28-24(31-12-16(8-26)29-23(19)31)27-9-18-17-6-7-34-21(17)5-4-20(18)25/h4-5,10,12-13,33H,6-7,9,11H2,1-3H3,(H,27,28)/t13-/m1/s1. The highest BCUT2D eigenvalue weighted by Gasteiger charge is 2.22. The molecule has 4 heterocycles. The fraction of sp³-hybridized carbons (Fsp3) is 0.333. The molecule has 5 rings (SSSR count). The number of ether oxygens (including phenoxy) is 1. The minimum Gasteiger partial charge on any atom is -0.493 e. The molecule has 1 aromatic carbocycles. The van der Waals surface area contributed by atoms with E-state index in [0.717, 1.165) is 28.1 Å². The van der Waals surface area contributed by atoms with Gasteiger partial charge in [-0.3, -0.25) is 9.08 Å². The number of imidazole rings is 1. The smallest absolute Gasteiger partial charge is 0.208 e. The van der Waals surface area contributed by atoms with E-state index >= 15 is 0 Å². The topological polar surface area (TPSA) is 113 Å². The lowest BCUT2D eigenvalue weighted by atomic mass is 10.0. The van der Waals surface area contributed by atoms with Crippen molar-refractivity contribution in [3.05, 3.63) is 58.6 Å². The van der Waals surface area contributed by atoms with Gasteiger partial charge in [0.15, 0.2) is 11.3 Å². The van der Waals surface area contributed by atoms with Crippen LogP contribution in [-0.4, -0.2) is 42.0 Å². The van der Waals surface area contributed by atoms with Crippen molar-refractivity contribution >= 4 is 11.6 Å². The van der Waals surface area contributed by atoms with Crippen molar-refractivity contribution in [1.29, 1.82) is 5.26 Å². The van der Waals surface area contributed by atoms with Crippen molar-refractivity contribution in [3.8, 4) is 22.9 Å². The number of aliphatic hydroxyl groups is 1. The number of halogens is 1. The molecule has 1 aliphatic rings. The van der Waals surface area contributed by atoms with Gasteiger partial charge in [-0.2, -0.15) is 10.4 Å². The molecule has 0 fully saturated rings. The Bertz CT molecular complexity index is 1450. The molecular weight excluding hydrogens is 437 g/mol. The molecular formula is C24H24FN7O2. The highest BCUT2D eigenvalue weighted by molar-refractivity contribution is 5.81. The first-order valence-corrected chi connectivity index (χ1v) is 11.0. The first kappa shape index (κ1) is 21.9. The fourth-order valence-electron chi connectivity index (χ4n) is 4.53. The number of aryl methyl sites for hydroxylation is 1. The summed E-state index contributed by atoms with van der Waals surface area (Å²) in [6, 6.07) is 5.15. The summed E-state index contributed by atoms with van der Waals surface area (Å²) < 4.78 is 23.6. The zero-order valence-electron chi connectivity index (χ0n) is 19.1. The molecule has 2 N–H and O–H groups in total. The van der Waals surface area contributed by atoms with Crippen LogP contribution in [0.2, 0.25) is 0 Å². The van der Waals surface area contributed by atoms with Crippen LogP contribution in [0.15, 0.2) is 24.5 Å². The summed E-state index contributed by atoms with van der Waals surface area (Å²) in [5.74, 6) is 0.848. The number of nitriles is 1. The molecule has 9 nitrogen and oxygen atoms in total. The third-order valence-corrected chi connectivity index (χ3v) is 6.06. The van der Waals surface area contributed by atoms with Crippen molar-refractivity contribution in [2.45, 2.75) is 46.4 Å². The SMILES string of the molecule is Cc1nn(C[C@@H](C)O)c(C)c1-c1cnc(NCc2c(F)ccc3c2CCO3)n2cc(C#N)nc12. The Labute approximate surface area is 195 Å². The summed E-state index contributed by atoms with van der Waals surface area (Å²) in [4.78, 5) is 9.08. The second kappa shape index (κ2) is 8.43. The summed E-state index contributed by atoms with van der Waals surface area (Å²) in [5, 5.41) is 27.0. The molecule has 0 saturated carbocycles. The molecule has 4 aromatic rings. The molecule has 174 valence electrons. The number of hydrogen-bond donors (Lipinski definition) is 2. The predicted octanol–water partition coefficient (Wildman–Crippen LogP) is 3.15. The molecule has 0 unspecified atom stereocenters. The monoisotopic (exact) mass is 461 g/mol. The Morgan fingerprint density at radius 3 is 2.94 bits per heavy atom. The van der Waals surface area contributed by atoms with Gasteiger partial charge in [-0.05, 0) is 32.9 Å². The normalized spacial score (nSPS) is 13.5. The zero-order chi connectivity index (χ0) is 24.0. The third-order valence-electron chi connectivity index (χ3n) is 6.06. The van der Waals surface area contributed by atoms with Gasteiger partial charge in [0.1, 0.15) is 17.6 Å². The van der Waals surface area contributed by atoms with Crippen LogP contribution in [-0.2, 0) is 19.5 Å². The van der Waals surface area contributed by atoms with E-state index in [0.29, 0.717) is 42.5 Å². The van der Waals surface area contributed by atoms with E-state index in [1.807, 2.05) is 13.8 Å². The average molecular weight is 462 g/mol. The molecule has 0 radical (unpaired) electrons. The van der Waals surface area contributed by atoms with Crippen molar-refractivity contribution in [3.63, 3.8) is 0 Å². The van der Waals surface area contributed by atoms with Crippen LogP contribution in [0.4, 0.5) is 10.3 Å². The lowest BCUT2D eigenvalue weighted by Gasteiger charge is -2.13. The molecule has 1 aliphatic heterocycles. The van der Waals surface area contributed by atoms with Gasteiger partial charge in [-0.1, -0.05) is 0 Å². The van der Waals surface area contributed by atoms with Gasteiger partial charge in [0.05, 0.1) is 31.1 Å². The van der Waals surface area contributed by atoms with E-state index in [2.05, 4.69) is 26.5 Å². The van der Waals surface area contributed by atoms with E-state index in [1.54, 1.807) is 34.5 Å². The van der Waals surface area contributed by atoms with Gasteiger partial charge in [0, 0.05) is 47.1 Å². The molecule has 0 bridgehead atoms. The number of anilines is 1. The number of aliphatic hydroxyl groups excluding tert-OH is 1. The average Bonchev–Trinajstić information content (AvgIpc) is 3.51. The Morgan fingerprint density at radius 2 is 2.18 bits per heavy atom. The molecule has 0 spiro atoms. The van der Waals surface area contributed by atoms with Gasteiger partial charge in [0.25, 0.3) is 0 Å². The van der Waals surface area contributed by atoms with E-state index in [-0.39, 0.29) is 18.1 Å². The fourth-order valence-corrected chi connectivity index (χ4v) is 4.53. The number of fused-ring (bicyclic) bond motifs is 2. The first-order valence-electron chi connectivity index (χ1n) is 11.0. The maximum absolute atomic E-state index is 14.6. The summed E-state index contributed by atoms with van der Waals surface area (Å²) in [6.45, 7) is 6.64. The summed E-state index contributed by atoms with van der Waals surface area (Å²) >= 11 is 0. The Kier molecular flexibility index (Phi) is 5.42. The maximum Gasteiger partial charge on any atom is 0.208 e. The van der Waals surface area contributed by atoms with Crippen LogP contribution >= 0.6 is 0 Å². The number of hydrogen-bond acceptors (Lipinski definition) is 7. The highest BCUT2D eigenvalue weighted by Crippen LogP contribution is 2.33. The zero-order valence-corrected chi connectivity index (χ0v) is 19.1. The highest BCUT2D eigenvalue weighted by atomic mass is 19.1. The van der Waals surface area contributed by atoms with E-state index in [4.69, 9.17) is 4.74 Å². The maximum atomic E-state index is 14.6. The van der Waals surface area contributed by atoms with Crippen LogP contribution < -0.4 is 10.1 Å². The van der Waals surface area contributed by atoms with E-state index in [1.165, 1.54) is 6.07 Å². The van der Waals surface area contributed by atoms with Gasteiger partial charge in [-0.15, -0.1) is 0 Å². The summed E-state index contributed by atoms with van der Waals surface area (Å²) in [7, 11) is 0.